The summed E-state index contributed by atoms with van der Waals surface area (Å²) in [5.41, 5.74) is 4.22. The first kappa shape index (κ1) is 82.7. The second-order valence-corrected chi connectivity index (χ2v) is 26.6. The molecule has 4 aromatic carbocycles. The fourth-order valence-electron chi connectivity index (χ4n) is 9.02. The standard InChI is InChI=1S/C18H16ClN7O2.C18H15ClN6O3.C18H15ClN6O2S.C17H14ClN5O4S/c1-10(27)22-11-6-7-12(13(19)9-11)16(28)25-18-24-15(23-17(20-2)26-18)14-5-3-4-8-21-14;2*1-10(26)21-11-6-7-12(13(19)9-11)16(27)24-17-22-15(23-18(25-17)28-2)14-5-3-4-8-20-14;1-27-17-21-14(13-5-3-4-8-19-13)20-16(23-17)22-15(24)11-7-6-10(9-12(11)18)28(2,25)26/h3-9H,1-2H3,(H,22,27)(H2,20,23,24,25,26,28);2*3-9H,1-2H3,(H,21,26)(H,22,23,24,25,27);3-9H,1-2H3,(H,20,21,22,23,24). The minimum atomic E-state index is -3.44. The molecule has 112 heavy (non-hydrogen) atoms. The van der Waals surface area contributed by atoms with Gasteiger partial charge in [0.15, 0.2) is 38.3 Å². The third-order valence-corrected chi connectivity index (χ3v) is 16.9. The Labute approximate surface area is 661 Å². The molecule has 0 unspecified atom stereocenters. The predicted octanol–water partition coefficient (Wildman–Crippen LogP) is 11.4. The Kier molecular flexibility index (Phi) is 28.9. The molecule has 0 bridgehead atoms. The number of carbonyl (C=O) groups is 7. The van der Waals surface area contributed by atoms with E-state index in [1.165, 1.54) is 101 Å². The lowest BCUT2D eigenvalue weighted by Gasteiger charge is -2.09. The molecule has 0 aliphatic rings. The van der Waals surface area contributed by atoms with E-state index in [0.29, 0.717) is 56.6 Å². The number of nitrogens with one attached hydrogen (secondary N) is 8. The van der Waals surface area contributed by atoms with E-state index < -0.39 is 33.5 Å². The molecule has 0 atom stereocenters. The van der Waals surface area contributed by atoms with Crippen molar-refractivity contribution in [1.82, 2.24) is 79.7 Å². The number of halogens is 4. The van der Waals surface area contributed by atoms with Crippen molar-refractivity contribution in [1.29, 1.82) is 0 Å². The number of aromatic nitrogens is 16. The van der Waals surface area contributed by atoms with Crippen molar-refractivity contribution in [2.45, 2.75) is 30.8 Å². The Bertz CT molecular complexity index is 5200. The van der Waals surface area contributed by atoms with Crippen molar-refractivity contribution >= 4 is 156 Å². The molecule has 0 fully saturated rings. The van der Waals surface area contributed by atoms with Crippen molar-refractivity contribution in [3.05, 3.63) is 213 Å². The van der Waals surface area contributed by atoms with Crippen LogP contribution in [0.2, 0.25) is 20.1 Å². The highest BCUT2D eigenvalue weighted by Gasteiger charge is 2.22. The summed E-state index contributed by atoms with van der Waals surface area (Å²) in [4.78, 5) is 151. The van der Waals surface area contributed by atoms with Gasteiger partial charge in [0.25, 0.3) is 23.6 Å². The van der Waals surface area contributed by atoms with E-state index in [9.17, 15) is 42.0 Å². The summed E-state index contributed by atoms with van der Waals surface area (Å²) in [5, 5.41) is 21.9. The Morgan fingerprint density at radius 2 is 0.670 bits per heavy atom. The van der Waals surface area contributed by atoms with Crippen LogP contribution in [-0.4, -0.2) is 163 Å². The monoisotopic (exact) mass is 1630 g/mol. The van der Waals surface area contributed by atoms with Gasteiger partial charge in [0.1, 0.15) is 22.8 Å². The van der Waals surface area contributed by atoms with Crippen LogP contribution in [0.1, 0.15) is 62.2 Å². The third kappa shape index (κ3) is 23.8. The number of pyridine rings is 4. The fourth-order valence-corrected chi connectivity index (χ4v) is 11.2. The van der Waals surface area contributed by atoms with E-state index in [0.717, 1.165) is 6.26 Å². The van der Waals surface area contributed by atoms with Crippen LogP contribution in [0.4, 0.5) is 46.8 Å². The summed E-state index contributed by atoms with van der Waals surface area (Å²) in [7, 11) is 0.991. The molecule has 12 aromatic rings. The average molecular weight is 1630 g/mol. The number of nitrogens with zero attached hydrogens (tertiary/aromatic N) is 16. The highest BCUT2D eigenvalue weighted by atomic mass is 35.5. The van der Waals surface area contributed by atoms with E-state index in [1.807, 2.05) is 12.3 Å². The first-order chi connectivity index (χ1) is 53.6. The molecule has 8 aromatic heterocycles. The van der Waals surface area contributed by atoms with Crippen LogP contribution >= 0.6 is 58.2 Å². The lowest BCUT2D eigenvalue weighted by Crippen LogP contribution is -2.16. The zero-order chi connectivity index (χ0) is 80.6. The highest BCUT2D eigenvalue weighted by Crippen LogP contribution is 2.29. The van der Waals surface area contributed by atoms with Crippen molar-refractivity contribution < 1.29 is 51.5 Å². The number of rotatable bonds is 20. The summed E-state index contributed by atoms with van der Waals surface area (Å²) in [6, 6.07) is 38.7. The van der Waals surface area contributed by atoms with Crippen molar-refractivity contribution in [3.63, 3.8) is 0 Å². The number of benzene rings is 4. The summed E-state index contributed by atoms with van der Waals surface area (Å²) in [6.07, 6.45) is 9.29. The third-order valence-electron chi connectivity index (χ3n) is 13.9. The molecule has 0 spiro atoms. The van der Waals surface area contributed by atoms with Gasteiger partial charge in [0.05, 0.1) is 61.5 Å². The molecule has 7 amide bonds. The highest BCUT2D eigenvalue weighted by molar-refractivity contribution is 7.98. The summed E-state index contributed by atoms with van der Waals surface area (Å²) in [5.74, 6) is -1.40. The smallest absolute Gasteiger partial charge is 0.321 e. The first-order valence-electron chi connectivity index (χ1n) is 32.1. The topological polar surface area (TPSA) is 475 Å². The average Bonchev–Trinajstić information content (AvgIpc) is 0.726. The zero-order valence-electron chi connectivity index (χ0n) is 59.6. The van der Waals surface area contributed by atoms with Gasteiger partial charge in [-0.2, -0.15) is 54.8 Å². The normalized spacial score (nSPS) is 10.5. The molecule has 41 heteroatoms. The molecular formula is C71H60Cl4N24O11S2. The Morgan fingerprint density at radius 3 is 0.955 bits per heavy atom. The number of anilines is 8. The maximum atomic E-state index is 12.6. The molecular weight excluding hydrogens is 1570 g/mol. The molecule has 0 aliphatic heterocycles. The number of hydrogen-bond acceptors (Lipinski definition) is 29. The predicted molar refractivity (Wildman–Crippen MR) is 420 cm³/mol. The number of hydrogen-bond donors (Lipinski definition) is 8. The van der Waals surface area contributed by atoms with Crippen LogP contribution in [-0.2, 0) is 24.2 Å². The fraction of sp³-hybridized carbons (Fsp3) is 0.113. The minimum Gasteiger partial charge on any atom is -0.467 e. The molecule has 570 valence electrons. The molecule has 0 radical (unpaired) electrons. The molecule has 12 rings (SSSR count). The van der Waals surface area contributed by atoms with Crippen LogP contribution in [0.25, 0.3) is 46.1 Å². The van der Waals surface area contributed by atoms with E-state index >= 15 is 0 Å². The number of methoxy groups -OCH3 is 2. The van der Waals surface area contributed by atoms with E-state index in [1.54, 1.807) is 117 Å². The largest absolute Gasteiger partial charge is 0.467 e. The number of carbonyl (C=O) groups excluding carboxylic acids is 7. The number of thioether (sulfide) groups is 1. The van der Waals surface area contributed by atoms with Gasteiger partial charge < -0.3 is 30.7 Å². The van der Waals surface area contributed by atoms with Crippen molar-refractivity contribution in [3.8, 4) is 58.1 Å². The number of ether oxygens (including phenoxy) is 2. The second-order valence-electron chi connectivity index (χ2n) is 22.2. The van der Waals surface area contributed by atoms with Crippen LogP contribution in [0.3, 0.4) is 0 Å². The lowest BCUT2D eigenvalue weighted by molar-refractivity contribution is -0.115. The summed E-state index contributed by atoms with van der Waals surface area (Å²) >= 11 is 25.9. The Morgan fingerprint density at radius 1 is 0.366 bits per heavy atom. The minimum absolute atomic E-state index is 0.00770. The van der Waals surface area contributed by atoms with Crippen LogP contribution in [0, 0.1) is 0 Å². The van der Waals surface area contributed by atoms with Crippen LogP contribution < -0.4 is 52.0 Å². The Balaban J connectivity index is 0.000000171. The van der Waals surface area contributed by atoms with Gasteiger partial charge >= 0.3 is 12.0 Å². The molecule has 8 heterocycles. The molecule has 8 N–H and O–H groups in total. The Hall–Kier alpha value is -13.3. The van der Waals surface area contributed by atoms with E-state index in [2.05, 4.69) is 122 Å². The van der Waals surface area contributed by atoms with Gasteiger partial charge in [-0.1, -0.05) is 82.4 Å². The van der Waals surface area contributed by atoms with E-state index in [-0.39, 0.29) is 118 Å². The first-order valence-corrected chi connectivity index (χ1v) is 36.7. The number of sulfone groups is 1. The van der Waals surface area contributed by atoms with Gasteiger partial charge in [-0.25, -0.2) is 13.4 Å². The van der Waals surface area contributed by atoms with E-state index in [4.69, 9.17) is 55.9 Å². The molecule has 0 saturated heterocycles. The number of amides is 7. The second kappa shape index (κ2) is 39.2. The lowest BCUT2D eigenvalue weighted by atomic mass is 10.2. The molecule has 0 saturated carbocycles. The van der Waals surface area contributed by atoms with Crippen molar-refractivity contribution in [2.75, 3.05) is 76.3 Å². The molecule has 0 aliphatic carbocycles. The SMILES string of the molecule is CNc1nc(NC(=O)c2ccc(NC(C)=O)cc2Cl)nc(-c2ccccn2)n1.COc1nc(NC(=O)c2ccc(NC(C)=O)cc2Cl)nc(-c2ccccn2)n1.COc1nc(NC(=O)c2ccc(S(C)(=O)=O)cc2Cl)nc(-c2ccccn2)n1.CSc1nc(NC(=O)c2ccc(NC(C)=O)cc2Cl)nc(-c2ccccn2)n1. The van der Waals surface area contributed by atoms with Crippen LogP contribution in [0.5, 0.6) is 12.0 Å². The summed E-state index contributed by atoms with van der Waals surface area (Å²) < 4.78 is 33.3. The maximum absolute atomic E-state index is 12.6. The zero-order valence-corrected chi connectivity index (χ0v) is 64.3. The van der Waals surface area contributed by atoms with Gasteiger partial charge in [0.2, 0.25) is 47.5 Å². The summed E-state index contributed by atoms with van der Waals surface area (Å²) in [6.45, 7) is 4.15. The molecule has 35 nitrogen and oxygen atoms in total. The van der Waals surface area contributed by atoms with Gasteiger partial charge in [-0.15, -0.1) is 0 Å². The van der Waals surface area contributed by atoms with Crippen LogP contribution in [0.15, 0.2) is 180 Å². The maximum Gasteiger partial charge on any atom is 0.321 e. The quantitative estimate of drug-likeness (QED) is 0.0329. The van der Waals surface area contributed by atoms with Gasteiger partial charge in [0, 0.05) is 75.9 Å². The van der Waals surface area contributed by atoms with Crippen molar-refractivity contribution in [2.24, 2.45) is 0 Å². The van der Waals surface area contributed by atoms with Gasteiger partial charge in [-0.05, 0) is 128 Å². The van der Waals surface area contributed by atoms with Gasteiger partial charge in [-0.3, -0.25) is 74.8 Å².